The van der Waals surface area contributed by atoms with Gasteiger partial charge in [-0.1, -0.05) is 25.8 Å². The molecule has 47 heavy (non-hydrogen) atoms. The van der Waals surface area contributed by atoms with E-state index in [9.17, 15) is 28.8 Å². The van der Waals surface area contributed by atoms with Crippen LogP contribution in [0.3, 0.4) is 0 Å². The van der Waals surface area contributed by atoms with Gasteiger partial charge in [-0.05, 0) is 62.1 Å². The maximum absolute atomic E-state index is 13.2. The van der Waals surface area contributed by atoms with E-state index in [1.165, 1.54) is 6.07 Å². The fourth-order valence-corrected chi connectivity index (χ4v) is 5.23. The van der Waals surface area contributed by atoms with Gasteiger partial charge in [0, 0.05) is 31.7 Å². The fraction of sp³-hybridized carbons (Fsp3) is 0.471. The smallest absolute Gasteiger partial charge is 0.338 e. The van der Waals surface area contributed by atoms with Crippen LogP contribution < -0.4 is 16.0 Å². The summed E-state index contributed by atoms with van der Waals surface area (Å²) in [5.74, 6) is -3.14. The number of hydrogen-bond donors (Lipinski definition) is 3. The maximum Gasteiger partial charge on any atom is 0.338 e. The first-order valence-electron chi connectivity index (χ1n) is 16.1. The zero-order chi connectivity index (χ0) is 33.6. The van der Waals surface area contributed by atoms with Gasteiger partial charge in [0.2, 0.25) is 17.7 Å². The van der Waals surface area contributed by atoms with E-state index in [1.54, 1.807) is 24.3 Å². The molecule has 1 unspecified atom stereocenters. The van der Waals surface area contributed by atoms with Gasteiger partial charge in [-0.3, -0.25) is 34.2 Å². The van der Waals surface area contributed by atoms with Gasteiger partial charge in [-0.15, -0.1) is 0 Å². The molecular weight excluding hydrogens is 608 g/mol. The highest BCUT2D eigenvalue weighted by Gasteiger charge is 2.45. The minimum absolute atomic E-state index is 0.0268. The van der Waals surface area contributed by atoms with Gasteiger partial charge >= 0.3 is 5.97 Å². The van der Waals surface area contributed by atoms with Crippen molar-refractivity contribution < 1.29 is 43.0 Å². The number of hydrogen-bond acceptors (Lipinski definition) is 10. The molecule has 1 atom stereocenters. The molecule has 0 bridgehead atoms. The summed E-state index contributed by atoms with van der Waals surface area (Å²) in [7, 11) is 0. The van der Waals surface area contributed by atoms with Crippen LogP contribution in [0.15, 0.2) is 42.5 Å². The first kappa shape index (κ1) is 35.2. The molecule has 0 aromatic heterocycles. The molecule has 13 nitrogen and oxygen atoms in total. The van der Waals surface area contributed by atoms with Crippen molar-refractivity contribution in [3.8, 4) is 0 Å². The van der Waals surface area contributed by atoms with Crippen LogP contribution in [0.25, 0.3) is 0 Å². The number of fused-ring (bicyclic) bond motifs is 1. The first-order chi connectivity index (χ1) is 22.8. The molecule has 4 rings (SSSR count). The van der Waals surface area contributed by atoms with E-state index in [2.05, 4.69) is 22.9 Å². The molecule has 2 aromatic rings. The van der Waals surface area contributed by atoms with E-state index in [0.717, 1.165) is 42.8 Å². The third-order valence-corrected chi connectivity index (χ3v) is 7.75. The number of esters is 1. The Hall–Kier alpha value is -4.62. The monoisotopic (exact) mass is 650 g/mol. The van der Waals surface area contributed by atoms with Gasteiger partial charge < -0.3 is 24.8 Å². The highest BCUT2D eigenvalue weighted by molar-refractivity contribution is 6.26. The van der Waals surface area contributed by atoms with Crippen LogP contribution in [0.4, 0.5) is 11.4 Å². The van der Waals surface area contributed by atoms with Crippen LogP contribution in [0.5, 0.6) is 0 Å². The third-order valence-electron chi connectivity index (χ3n) is 7.75. The van der Waals surface area contributed by atoms with Crippen LogP contribution in [-0.2, 0) is 28.6 Å². The van der Waals surface area contributed by atoms with Crippen LogP contribution >= 0.6 is 0 Å². The Morgan fingerprint density at radius 2 is 1.62 bits per heavy atom. The molecule has 2 heterocycles. The van der Waals surface area contributed by atoms with Crippen LogP contribution in [0.1, 0.15) is 89.4 Å². The van der Waals surface area contributed by atoms with E-state index in [0.29, 0.717) is 31.8 Å². The normalized spacial score (nSPS) is 15.8. The number of carbonyl (C=O) groups is 6. The van der Waals surface area contributed by atoms with Crippen molar-refractivity contribution in [2.75, 3.05) is 50.2 Å². The SMILES string of the molecule is CCCCNc1ccc(C(=O)OCCOCCOCCCCCC(=O)Nc2cccc3c2C(=O)N(C2CCC(=O)NC2=O)C3=O)cc1. The third kappa shape index (κ3) is 9.93. The number of anilines is 2. The molecule has 0 aliphatic carbocycles. The summed E-state index contributed by atoms with van der Waals surface area (Å²) in [5, 5.41) is 8.19. The number of unbranched alkanes of at least 4 members (excludes halogenated alkanes) is 3. The lowest BCUT2D eigenvalue weighted by atomic mass is 10.0. The minimum atomic E-state index is -1.07. The molecule has 2 aromatic carbocycles. The van der Waals surface area contributed by atoms with Crippen LogP contribution in [-0.4, -0.2) is 86.0 Å². The number of rotatable bonds is 19. The topological polar surface area (TPSA) is 169 Å². The molecule has 5 amide bonds. The molecule has 0 saturated carbocycles. The van der Waals surface area contributed by atoms with Gasteiger partial charge in [-0.2, -0.15) is 0 Å². The summed E-state index contributed by atoms with van der Waals surface area (Å²) in [6.45, 7) is 4.69. The largest absolute Gasteiger partial charge is 0.460 e. The number of carbonyl (C=O) groups excluding carboxylic acids is 6. The maximum atomic E-state index is 13.2. The van der Waals surface area contributed by atoms with Gasteiger partial charge in [0.1, 0.15) is 12.6 Å². The molecule has 0 radical (unpaired) electrons. The number of nitrogens with one attached hydrogen (secondary N) is 3. The average molecular weight is 651 g/mol. The van der Waals surface area contributed by atoms with Crippen molar-refractivity contribution in [3.63, 3.8) is 0 Å². The first-order valence-corrected chi connectivity index (χ1v) is 16.1. The van der Waals surface area contributed by atoms with E-state index >= 15 is 0 Å². The molecule has 13 heteroatoms. The van der Waals surface area contributed by atoms with E-state index in [-0.39, 0.29) is 55.2 Å². The summed E-state index contributed by atoms with van der Waals surface area (Å²) in [5.41, 5.74) is 1.82. The summed E-state index contributed by atoms with van der Waals surface area (Å²) < 4.78 is 16.3. The Bertz CT molecular complexity index is 1440. The predicted octanol–water partition coefficient (Wildman–Crippen LogP) is 3.69. The zero-order valence-corrected chi connectivity index (χ0v) is 26.6. The zero-order valence-electron chi connectivity index (χ0n) is 26.6. The fourth-order valence-electron chi connectivity index (χ4n) is 5.23. The Morgan fingerprint density at radius 1 is 0.872 bits per heavy atom. The van der Waals surface area contributed by atoms with Crippen molar-refractivity contribution >= 4 is 46.9 Å². The number of amides is 5. The van der Waals surface area contributed by atoms with Gasteiger partial charge in [0.15, 0.2) is 0 Å². The van der Waals surface area contributed by atoms with Crippen molar-refractivity contribution in [3.05, 3.63) is 59.2 Å². The average Bonchev–Trinajstić information content (AvgIpc) is 3.31. The number of nitrogens with zero attached hydrogens (tertiary/aromatic N) is 1. The van der Waals surface area contributed by atoms with Crippen LogP contribution in [0, 0.1) is 0 Å². The predicted molar refractivity (Wildman–Crippen MR) is 172 cm³/mol. The number of ether oxygens (including phenoxy) is 3. The second-order valence-corrected chi connectivity index (χ2v) is 11.3. The molecular formula is C34H42N4O9. The highest BCUT2D eigenvalue weighted by atomic mass is 16.6. The van der Waals surface area contributed by atoms with Crippen molar-refractivity contribution in [2.24, 2.45) is 0 Å². The number of piperidine rings is 1. The Labute approximate surface area is 273 Å². The lowest BCUT2D eigenvalue weighted by molar-refractivity contribution is -0.136. The van der Waals surface area contributed by atoms with E-state index in [1.807, 2.05) is 12.1 Å². The standard InChI is InChI=1S/C34H42N4O9/c1-2-3-17-35-24-13-11-23(12-14-24)34(44)47-22-21-46-20-19-45-18-6-4-5-10-28(39)36-26-9-7-8-25-30(26)33(43)38(32(25)42)27-15-16-29(40)37-31(27)41/h7-9,11-14,27,35H,2-6,10,15-22H2,1H3,(H,36,39)(H,37,40,41). The van der Waals surface area contributed by atoms with Gasteiger partial charge in [0.05, 0.1) is 42.2 Å². The molecule has 1 saturated heterocycles. The summed E-state index contributed by atoms with van der Waals surface area (Å²) in [6, 6.07) is 10.7. The van der Waals surface area contributed by atoms with E-state index in [4.69, 9.17) is 14.2 Å². The summed E-state index contributed by atoms with van der Waals surface area (Å²) >= 11 is 0. The van der Waals surface area contributed by atoms with E-state index < -0.39 is 35.6 Å². The van der Waals surface area contributed by atoms with Crippen molar-refractivity contribution in [2.45, 2.75) is 64.3 Å². The summed E-state index contributed by atoms with van der Waals surface area (Å²) in [4.78, 5) is 75.6. The number of benzene rings is 2. The lowest BCUT2D eigenvalue weighted by Crippen LogP contribution is -2.54. The quantitative estimate of drug-likeness (QED) is 0.116. The number of imide groups is 2. The summed E-state index contributed by atoms with van der Waals surface area (Å²) in [6.07, 6.45) is 4.58. The van der Waals surface area contributed by atoms with Gasteiger partial charge in [-0.25, -0.2) is 4.79 Å². The second kappa shape index (κ2) is 17.9. The Balaban J connectivity index is 1.04. The lowest BCUT2D eigenvalue weighted by Gasteiger charge is -2.27. The molecule has 2 aliphatic rings. The van der Waals surface area contributed by atoms with Crippen molar-refractivity contribution in [1.29, 1.82) is 0 Å². The molecule has 1 fully saturated rings. The van der Waals surface area contributed by atoms with Crippen LogP contribution in [0.2, 0.25) is 0 Å². The molecule has 0 spiro atoms. The second-order valence-electron chi connectivity index (χ2n) is 11.3. The molecule has 252 valence electrons. The molecule has 2 aliphatic heterocycles. The van der Waals surface area contributed by atoms with Crippen molar-refractivity contribution in [1.82, 2.24) is 10.2 Å². The van der Waals surface area contributed by atoms with Gasteiger partial charge in [0.25, 0.3) is 11.8 Å². The molecule has 3 N–H and O–H groups in total. The minimum Gasteiger partial charge on any atom is -0.460 e. The highest BCUT2D eigenvalue weighted by Crippen LogP contribution is 2.32. The Kier molecular flexibility index (Phi) is 13.4. The Morgan fingerprint density at radius 3 is 2.36 bits per heavy atom.